The van der Waals surface area contributed by atoms with Crippen LogP contribution in [0.25, 0.3) is 0 Å². The summed E-state index contributed by atoms with van der Waals surface area (Å²) in [5, 5.41) is 3.75. The highest BCUT2D eigenvalue weighted by Gasteiger charge is 2.20. The van der Waals surface area contributed by atoms with Crippen molar-refractivity contribution in [3.63, 3.8) is 0 Å². The minimum Gasteiger partial charge on any atom is -0.359 e. The van der Waals surface area contributed by atoms with E-state index in [0.29, 0.717) is 11.2 Å². The molecule has 1 aliphatic carbocycles. The van der Waals surface area contributed by atoms with E-state index >= 15 is 0 Å². The van der Waals surface area contributed by atoms with Gasteiger partial charge < -0.3 is 5.32 Å². The van der Waals surface area contributed by atoms with Gasteiger partial charge in [-0.05, 0) is 37.0 Å². The topological polar surface area (TPSA) is 53.2 Å². The zero-order valence-electron chi connectivity index (χ0n) is 13.1. The summed E-state index contributed by atoms with van der Waals surface area (Å²) in [7, 11) is 0. The van der Waals surface area contributed by atoms with Gasteiger partial charge in [0.1, 0.15) is 0 Å². The summed E-state index contributed by atoms with van der Waals surface area (Å²) in [6, 6.07) is 10.3. The number of hydrazine groups is 1. The zero-order chi connectivity index (χ0) is 15.8. The van der Waals surface area contributed by atoms with Crippen molar-refractivity contribution in [2.24, 2.45) is 0 Å². The predicted octanol–water partition coefficient (Wildman–Crippen LogP) is 3.01. The van der Waals surface area contributed by atoms with Gasteiger partial charge in [0, 0.05) is 6.04 Å². The van der Waals surface area contributed by atoms with Gasteiger partial charge >= 0.3 is 0 Å². The molecule has 1 saturated carbocycles. The second kappa shape index (κ2) is 8.73. The van der Waals surface area contributed by atoms with Crippen molar-refractivity contribution in [1.82, 2.24) is 16.2 Å². The molecule has 0 radical (unpaired) electrons. The summed E-state index contributed by atoms with van der Waals surface area (Å²) in [5.74, 6) is -0.184. The average molecular weight is 319 g/mol. The fraction of sp³-hybridized carbons (Fsp3) is 0.529. The molecule has 1 aliphatic rings. The van der Waals surface area contributed by atoms with E-state index in [-0.39, 0.29) is 11.8 Å². The molecule has 1 aromatic rings. The lowest BCUT2D eigenvalue weighted by atomic mass is 9.94. The zero-order valence-corrected chi connectivity index (χ0v) is 13.9. The third kappa shape index (κ3) is 4.98. The van der Waals surface area contributed by atoms with Crippen molar-refractivity contribution < 1.29 is 4.79 Å². The lowest BCUT2D eigenvalue weighted by molar-refractivity contribution is -0.123. The molecule has 1 fully saturated rings. The molecule has 22 heavy (non-hydrogen) atoms. The third-order valence-electron chi connectivity index (χ3n) is 4.09. The monoisotopic (exact) mass is 319 g/mol. The SMILES string of the molecule is CCC[C@H](C(=O)NNC(=S)NC1CCCC1)c1ccccc1. The van der Waals surface area contributed by atoms with Crippen molar-refractivity contribution in [1.29, 1.82) is 0 Å². The molecule has 0 heterocycles. The van der Waals surface area contributed by atoms with Crippen LogP contribution in [-0.2, 0) is 4.79 Å². The fourth-order valence-electron chi connectivity index (χ4n) is 2.92. The van der Waals surface area contributed by atoms with E-state index in [4.69, 9.17) is 12.2 Å². The van der Waals surface area contributed by atoms with Crippen LogP contribution in [0, 0.1) is 0 Å². The van der Waals surface area contributed by atoms with Crippen molar-refractivity contribution in [2.75, 3.05) is 0 Å². The van der Waals surface area contributed by atoms with Crippen LogP contribution in [0.4, 0.5) is 0 Å². The van der Waals surface area contributed by atoms with Gasteiger partial charge in [-0.15, -0.1) is 0 Å². The first kappa shape index (κ1) is 16.7. The Hall–Kier alpha value is -1.62. The maximum Gasteiger partial charge on any atom is 0.245 e. The summed E-state index contributed by atoms with van der Waals surface area (Å²) < 4.78 is 0. The van der Waals surface area contributed by atoms with Crippen LogP contribution in [0.5, 0.6) is 0 Å². The molecule has 120 valence electrons. The molecule has 1 amide bonds. The number of amides is 1. The average Bonchev–Trinajstić information content (AvgIpc) is 3.04. The first-order chi connectivity index (χ1) is 10.7. The number of hydrogen-bond donors (Lipinski definition) is 3. The number of rotatable bonds is 5. The van der Waals surface area contributed by atoms with E-state index in [0.717, 1.165) is 31.2 Å². The van der Waals surface area contributed by atoms with Gasteiger partial charge in [0.05, 0.1) is 5.92 Å². The molecule has 0 aliphatic heterocycles. The van der Waals surface area contributed by atoms with Crippen LogP contribution in [0.2, 0.25) is 0 Å². The summed E-state index contributed by atoms with van der Waals surface area (Å²) in [5.41, 5.74) is 6.63. The number of carbonyl (C=O) groups is 1. The van der Waals surface area contributed by atoms with E-state index in [1.165, 1.54) is 12.8 Å². The Kier molecular flexibility index (Phi) is 6.65. The van der Waals surface area contributed by atoms with Crippen LogP contribution in [0.3, 0.4) is 0 Å². The molecule has 4 nitrogen and oxygen atoms in total. The molecule has 2 rings (SSSR count). The predicted molar refractivity (Wildman–Crippen MR) is 93.4 cm³/mol. The molecular weight excluding hydrogens is 294 g/mol. The van der Waals surface area contributed by atoms with Crippen LogP contribution in [0.15, 0.2) is 30.3 Å². The van der Waals surface area contributed by atoms with Crippen LogP contribution < -0.4 is 16.2 Å². The molecular formula is C17H25N3OS. The number of benzene rings is 1. The lowest BCUT2D eigenvalue weighted by Gasteiger charge is -2.19. The standard InChI is InChI=1S/C17H25N3OS/c1-2-8-15(13-9-4-3-5-10-13)16(21)19-20-17(22)18-14-11-6-7-12-14/h3-5,9-10,14-15H,2,6-8,11-12H2,1H3,(H,19,21)(H2,18,20,22)/t15-/m0/s1. The molecule has 3 N–H and O–H groups in total. The Balaban J connectivity index is 1.84. The van der Waals surface area contributed by atoms with Crippen LogP contribution in [0.1, 0.15) is 56.9 Å². The van der Waals surface area contributed by atoms with Gasteiger partial charge in [-0.1, -0.05) is 56.5 Å². The minimum atomic E-state index is -0.145. The summed E-state index contributed by atoms with van der Waals surface area (Å²) in [4.78, 5) is 12.4. The van der Waals surface area contributed by atoms with Crippen LogP contribution >= 0.6 is 12.2 Å². The van der Waals surface area contributed by atoms with Crippen molar-refractivity contribution in [3.8, 4) is 0 Å². The minimum absolute atomic E-state index is 0.0383. The summed E-state index contributed by atoms with van der Waals surface area (Å²) in [6.45, 7) is 2.09. The van der Waals surface area contributed by atoms with Gasteiger partial charge in [-0.25, -0.2) is 0 Å². The molecule has 0 saturated heterocycles. The van der Waals surface area contributed by atoms with Gasteiger partial charge in [-0.3, -0.25) is 15.6 Å². The van der Waals surface area contributed by atoms with E-state index in [1.807, 2.05) is 30.3 Å². The van der Waals surface area contributed by atoms with Gasteiger partial charge in [0.25, 0.3) is 0 Å². The molecule has 1 atom stereocenters. The third-order valence-corrected chi connectivity index (χ3v) is 4.31. The van der Waals surface area contributed by atoms with Gasteiger partial charge in [-0.2, -0.15) is 0 Å². The highest BCUT2D eigenvalue weighted by molar-refractivity contribution is 7.80. The number of carbonyl (C=O) groups excluding carboxylic acids is 1. The Bertz CT molecular complexity index is 486. The maximum absolute atomic E-state index is 12.4. The first-order valence-corrected chi connectivity index (χ1v) is 8.53. The van der Waals surface area contributed by atoms with Crippen molar-refractivity contribution in [3.05, 3.63) is 35.9 Å². The number of thiocarbonyl (C=S) groups is 1. The smallest absolute Gasteiger partial charge is 0.245 e. The first-order valence-electron chi connectivity index (χ1n) is 8.12. The second-order valence-electron chi connectivity index (χ2n) is 5.82. The van der Waals surface area contributed by atoms with E-state index in [1.54, 1.807) is 0 Å². The summed E-state index contributed by atoms with van der Waals surface area (Å²) in [6.07, 6.45) is 6.58. The van der Waals surface area contributed by atoms with E-state index < -0.39 is 0 Å². The Morgan fingerprint density at radius 2 is 1.91 bits per heavy atom. The van der Waals surface area contributed by atoms with E-state index in [2.05, 4.69) is 23.1 Å². The van der Waals surface area contributed by atoms with E-state index in [9.17, 15) is 4.79 Å². The number of hydrogen-bond acceptors (Lipinski definition) is 2. The van der Waals surface area contributed by atoms with Crippen LogP contribution in [-0.4, -0.2) is 17.1 Å². The highest BCUT2D eigenvalue weighted by Crippen LogP contribution is 2.21. The fourth-order valence-corrected chi connectivity index (χ4v) is 3.14. The molecule has 0 spiro atoms. The van der Waals surface area contributed by atoms with Crippen molar-refractivity contribution >= 4 is 23.2 Å². The molecule has 1 aromatic carbocycles. The Morgan fingerprint density at radius 3 is 2.55 bits per heavy atom. The maximum atomic E-state index is 12.4. The Morgan fingerprint density at radius 1 is 1.23 bits per heavy atom. The lowest BCUT2D eigenvalue weighted by Crippen LogP contribution is -2.50. The molecule has 0 aromatic heterocycles. The Labute approximate surface area is 138 Å². The van der Waals surface area contributed by atoms with Gasteiger partial charge in [0.2, 0.25) is 5.91 Å². The molecule has 0 bridgehead atoms. The normalized spacial score (nSPS) is 16.0. The summed E-state index contributed by atoms with van der Waals surface area (Å²) >= 11 is 5.24. The second-order valence-corrected chi connectivity index (χ2v) is 6.23. The largest absolute Gasteiger partial charge is 0.359 e. The van der Waals surface area contributed by atoms with Crippen molar-refractivity contribution in [2.45, 2.75) is 57.4 Å². The van der Waals surface area contributed by atoms with Gasteiger partial charge in [0.15, 0.2) is 5.11 Å². The highest BCUT2D eigenvalue weighted by atomic mass is 32.1. The molecule has 0 unspecified atom stereocenters. The quantitative estimate of drug-likeness (QED) is 0.577. The molecule has 5 heteroatoms. The number of nitrogens with one attached hydrogen (secondary N) is 3.